The molecule has 1 saturated heterocycles. The minimum Gasteiger partial charge on any atom is -0.393 e. The van der Waals surface area contributed by atoms with Crippen molar-refractivity contribution in [3.05, 3.63) is 0 Å². The predicted octanol–water partition coefficient (Wildman–Crippen LogP) is 3.06. The minimum atomic E-state index is -0.0853. The molecule has 4 unspecified atom stereocenters. The Balaban J connectivity index is 1.74. The molecule has 0 aromatic heterocycles. The van der Waals surface area contributed by atoms with Crippen LogP contribution in [-0.2, 0) is 4.74 Å². The standard InChI is InChI=1S/C17H33NO2/c1-3-6-14-8-9-17(19)15(11-14)12-18(2)13-16-7-4-5-10-20-16/h14-17,19H,3-13H2,1-2H3. The molecule has 0 bridgehead atoms. The summed E-state index contributed by atoms with van der Waals surface area (Å²) in [6, 6.07) is 0. The average Bonchev–Trinajstić information content (AvgIpc) is 2.44. The van der Waals surface area contributed by atoms with Crippen LogP contribution in [0.2, 0.25) is 0 Å². The maximum atomic E-state index is 10.3. The first-order valence-corrected chi connectivity index (χ1v) is 8.67. The maximum absolute atomic E-state index is 10.3. The topological polar surface area (TPSA) is 32.7 Å². The van der Waals surface area contributed by atoms with Gasteiger partial charge in [0.1, 0.15) is 0 Å². The molecule has 1 heterocycles. The summed E-state index contributed by atoms with van der Waals surface area (Å²) in [5.74, 6) is 1.31. The molecule has 3 heteroatoms. The molecule has 3 nitrogen and oxygen atoms in total. The van der Waals surface area contributed by atoms with Gasteiger partial charge in [-0.05, 0) is 57.4 Å². The number of aliphatic hydroxyl groups is 1. The summed E-state index contributed by atoms with van der Waals surface area (Å²) in [6.07, 6.45) is 10.1. The molecular weight excluding hydrogens is 250 g/mol. The number of nitrogens with zero attached hydrogens (tertiary/aromatic N) is 1. The summed E-state index contributed by atoms with van der Waals surface area (Å²) in [4.78, 5) is 2.39. The molecule has 1 saturated carbocycles. The second kappa shape index (κ2) is 8.35. The third kappa shape index (κ3) is 5.01. The zero-order valence-corrected chi connectivity index (χ0v) is 13.4. The van der Waals surface area contributed by atoms with E-state index in [1.54, 1.807) is 0 Å². The summed E-state index contributed by atoms with van der Waals surface area (Å²) in [5, 5.41) is 10.3. The van der Waals surface area contributed by atoms with Crippen LogP contribution >= 0.6 is 0 Å². The van der Waals surface area contributed by atoms with Crippen LogP contribution in [0.3, 0.4) is 0 Å². The van der Waals surface area contributed by atoms with Crippen LogP contribution in [0.5, 0.6) is 0 Å². The highest BCUT2D eigenvalue weighted by Crippen LogP contribution is 2.32. The lowest BCUT2D eigenvalue weighted by atomic mass is 9.77. The van der Waals surface area contributed by atoms with Gasteiger partial charge in [-0.15, -0.1) is 0 Å². The zero-order valence-electron chi connectivity index (χ0n) is 13.4. The van der Waals surface area contributed by atoms with E-state index >= 15 is 0 Å². The van der Waals surface area contributed by atoms with E-state index in [1.165, 1.54) is 44.9 Å². The first kappa shape index (κ1) is 16.3. The highest BCUT2D eigenvalue weighted by Gasteiger charge is 2.30. The van der Waals surface area contributed by atoms with E-state index in [9.17, 15) is 5.11 Å². The van der Waals surface area contributed by atoms with Crippen LogP contribution < -0.4 is 0 Å². The van der Waals surface area contributed by atoms with Gasteiger partial charge in [0.25, 0.3) is 0 Å². The van der Waals surface area contributed by atoms with Gasteiger partial charge in [-0.2, -0.15) is 0 Å². The fourth-order valence-electron chi connectivity index (χ4n) is 3.99. The Morgan fingerprint density at radius 3 is 2.70 bits per heavy atom. The van der Waals surface area contributed by atoms with Crippen molar-refractivity contribution in [1.29, 1.82) is 0 Å². The number of likely N-dealkylation sites (N-methyl/N-ethyl adjacent to an activating group) is 1. The molecule has 20 heavy (non-hydrogen) atoms. The van der Waals surface area contributed by atoms with E-state index in [0.717, 1.165) is 32.0 Å². The van der Waals surface area contributed by atoms with E-state index in [2.05, 4.69) is 18.9 Å². The average molecular weight is 283 g/mol. The molecule has 0 spiro atoms. The Bertz CT molecular complexity index is 266. The number of rotatable bonds is 6. The van der Waals surface area contributed by atoms with Crippen LogP contribution in [0.25, 0.3) is 0 Å². The summed E-state index contributed by atoms with van der Waals surface area (Å²) >= 11 is 0. The van der Waals surface area contributed by atoms with E-state index in [4.69, 9.17) is 4.74 Å². The Labute approximate surface area is 124 Å². The predicted molar refractivity (Wildman–Crippen MR) is 82.8 cm³/mol. The van der Waals surface area contributed by atoms with E-state index in [-0.39, 0.29) is 6.10 Å². The lowest BCUT2D eigenvalue weighted by molar-refractivity contribution is -0.0157. The fraction of sp³-hybridized carbons (Fsp3) is 1.00. The summed E-state index contributed by atoms with van der Waals surface area (Å²) < 4.78 is 5.82. The van der Waals surface area contributed by atoms with Crippen molar-refractivity contribution in [2.75, 3.05) is 26.7 Å². The van der Waals surface area contributed by atoms with Gasteiger partial charge in [-0.1, -0.05) is 19.8 Å². The molecule has 0 aromatic carbocycles. The Hall–Kier alpha value is -0.120. The number of hydrogen-bond acceptors (Lipinski definition) is 3. The van der Waals surface area contributed by atoms with Crippen LogP contribution in [0.15, 0.2) is 0 Å². The summed E-state index contributed by atoms with van der Waals surface area (Å²) in [6.45, 7) is 5.26. The first-order chi connectivity index (χ1) is 9.69. The zero-order chi connectivity index (χ0) is 14.4. The highest BCUT2D eigenvalue weighted by atomic mass is 16.5. The van der Waals surface area contributed by atoms with E-state index < -0.39 is 0 Å². The van der Waals surface area contributed by atoms with Gasteiger partial charge >= 0.3 is 0 Å². The normalized spacial score (nSPS) is 35.4. The second-order valence-electron chi connectivity index (χ2n) is 7.00. The van der Waals surface area contributed by atoms with Crippen molar-refractivity contribution in [3.63, 3.8) is 0 Å². The molecule has 1 aliphatic heterocycles. The molecule has 2 rings (SSSR count). The molecule has 1 N–H and O–H groups in total. The highest BCUT2D eigenvalue weighted by molar-refractivity contribution is 4.82. The van der Waals surface area contributed by atoms with Crippen molar-refractivity contribution >= 4 is 0 Å². The van der Waals surface area contributed by atoms with Gasteiger partial charge in [0.2, 0.25) is 0 Å². The van der Waals surface area contributed by atoms with Gasteiger partial charge in [0.15, 0.2) is 0 Å². The Kier molecular flexibility index (Phi) is 6.79. The third-order valence-corrected chi connectivity index (χ3v) is 5.08. The lowest BCUT2D eigenvalue weighted by Crippen LogP contribution is -2.41. The molecule has 0 aromatic rings. The molecule has 1 aliphatic carbocycles. The third-order valence-electron chi connectivity index (χ3n) is 5.08. The van der Waals surface area contributed by atoms with Crippen molar-refractivity contribution in [2.45, 2.75) is 70.5 Å². The largest absolute Gasteiger partial charge is 0.393 e. The van der Waals surface area contributed by atoms with Crippen molar-refractivity contribution in [2.24, 2.45) is 11.8 Å². The molecule has 0 radical (unpaired) electrons. The van der Waals surface area contributed by atoms with Crippen LogP contribution in [0, 0.1) is 11.8 Å². The monoisotopic (exact) mass is 283 g/mol. The van der Waals surface area contributed by atoms with Gasteiger partial charge < -0.3 is 14.7 Å². The van der Waals surface area contributed by atoms with Crippen LogP contribution in [0.1, 0.15) is 58.3 Å². The quantitative estimate of drug-likeness (QED) is 0.813. The summed E-state index contributed by atoms with van der Waals surface area (Å²) in [5.41, 5.74) is 0. The van der Waals surface area contributed by atoms with Crippen LogP contribution in [-0.4, -0.2) is 49.0 Å². The van der Waals surface area contributed by atoms with Crippen molar-refractivity contribution in [3.8, 4) is 0 Å². The fourth-order valence-corrected chi connectivity index (χ4v) is 3.99. The maximum Gasteiger partial charge on any atom is 0.0701 e. The number of ether oxygens (including phenoxy) is 1. The Morgan fingerprint density at radius 2 is 2.00 bits per heavy atom. The molecule has 2 aliphatic rings. The van der Waals surface area contributed by atoms with Gasteiger partial charge in [0.05, 0.1) is 12.2 Å². The van der Waals surface area contributed by atoms with Gasteiger partial charge in [-0.3, -0.25) is 0 Å². The minimum absolute atomic E-state index is 0.0853. The molecular formula is C17H33NO2. The van der Waals surface area contributed by atoms with Gasteiger partial charge in [-0.25, -0.2) is 0 Å². The molecule has 118 valence electrons. The number of hydrogen-bond donors (Lipinski definition) is 1. The Morgan fingerprint density at radius 1 is 1.15 bits per heavy atom. The van der Waals surface area contributed by atoms with Crippen LogP contribution in [0.4, 0.5) is 0 Å². The van der Waals surface area contributed by atoms with Gasteiger partial charge in [0, 0.05) is 19.7 Å². The summed E-state index contributed by atoms with van der Waals surface area (Å²) in [7, 11) is 2.19. The number of aliphatic hydroxyl groups excluding tert-OH is 1. The lowest BCUT2D eigenvalue weighted by Gasteiger charge is -2.36. The molecule has 2 fully saturated rings. The smallest absolute Gasteiger partial charge is 0.0701 e. The van der Waals surface area contributed by atoms with Crippen molar-refractivity contribution in [1.82, 2.24) is 4.90 Å². The first-order valence-electron chi connectivity index (χ1n) is 8.67. The molecule has 0 amide bonds. The van der Waals surface area contributed by atoms with E-state index in [0.29, 0.717) is 12.0 Å². The molecule has 4 atom stereocenters. The SMILES string of the molecule is CCCC1CCC(O)C(CN(C)CC2CCCCO2)C1. The van der Waals surface area contributed by atoms with E-state index in [1.807, 2.05) is 0 Å². The van der Waals surface area contributed by atoms with Crippen molar-refractivity contribution < 1.29 is 9.84 Å². The second-order valence-corrected chi connectivity index (χ2v) is 7.00.